The number of aliphatic carboxylic acids is 1. The summed E-state index contributed by atoms with van der Waals surface area (Å²) in [5.74, 6) is 0.571. The van der Waals surface area contributed by atoms with Crippen molar-refractivity contribution in [1.82, 2.24) is 15.0 Å². The summed E-state index contributed by atoms with van der Waals surface area (Å²) >= 11 is 0. The van der Waals surface area contributed by atoms with E-state index in [-0.39, 0.29) is 6.42 Å². The van der Waals surface area contributed by atoms with E-state index in [0.29, 0.717) is 18.8 Å². The number of aryl methyl sites for hydroxylation is 1. The summed E-state index contributed by atoms with van der Waals surface area (Å²) in [7, 11) is 0. The molecule has 0 aliphatic carbocycles. The highest BCUT2D eigenvalue weighted by atomic mass is 16.4. The Hall–Kier alpha value is -2.50. The van der Waals surface area contributed by atoms with Crippen molar-refractivity contribution in [2.24, 2.45) is 0 Å². The molecule has 0 fully saturated rings. The summed E-state index contributed by atoms with van der Waals surface area (Å²) in [6.07, 6.45) is 4.12. The zero-order valence-electron chi connectivity index (χ0n) is 12.1. The largest absolute Gasteiger partial charge is 0.481 e. The fourth-order valence-electron chi connectivity index (χ4n) is 1.87. The van der Waals surface area contributed by atoms with E-state index in [1.165, 1.54) is 0 Å². The molecule has 21 heavy (non-hydrogen) atoms. The maximum Gasteiger partial charge on any atom is 0.303 e. The van der Waals surface area contributed by atoms with Gasteiger partial charge in [0.25, 0.3) is 0 Å². The molecule has 2 N–H and O–H groups in total. The van der Waals surface area contributed by atoms with Crippen LogP contribution in [-0.2, 0) is 4.79 Å². The van der Waals surface area contributed by atoms with Crippen LogP contribution in [0.2, 0.25) is 0 Å². The van der Waals surface area contributed by atoms with Crippen LogP contribution in [0.4, 0.5) is 5.82 Å². The van der Waals surface area contributed by atoms with E-state index in [4.69, 9.17) is 5.11 Å². The number of aromatic nitrogens is 3. The molecule has 0 aliphatic rings. The van der Waals surface area contributed by atoms with Crippen LogP contribution >= 0.6 is 0 Å². The normalized spacial score (nSPS) is 10.4. The number of nitrogens with zero attached hydrogens (tertiary/aromatic N) is 3. The van der Waals surface area contributed by atoms with Gasteiger partial charge in [0, 0.05) is 42.2 Å². The fraction of sp³-hybridized carbons (Fsp3) is 0.333. The van der Waals surface area contributed by atoms with Gasteiger partial charge in [-0.05, 0) is 32.4 Å². The molecule has 2 aromatic heterocycles. The van der Waals surface area contributed by atoms with Crippen molar-refractivity contribution < 1.29 is 9.90 Å². The first kappa shape index (κ1) is 14.9. The number of nitrogens with one attached hydrogen (secondary N) is 1. The predicted octanol–water partition coefficient (Wildman–Crippen LogP) is 2.43. The van der Waals surface area contributed by atoms with Gasteiger partial charge in [-0.15, -0.1) is 0 Å². The summed E-state index contributed by atoms with van der Waals surface area (Å²) in [5.41, 5.74) is 2.72. The summed E-state index contributed by atoms with van der Waals surface area (Å²) in [5, 5.41) is 11.8. The molecule has 0 radical (unpaired) electrons. The molecule has 0 atom stereocenters. The standard InChI is InChI=1S/C15H18N4O2/c1-10-11(2)18-15(12-5-3-7-16-9-12)19-14(10)17-8-4-6-13(20)21/h3,5,7,9H,4,6,8H2,1-2H3,(H,20,21)(H,17,18,19). The molecule has 0 aliphatic heterocycles. The van der Waals surface area contributed by atoms with Crippen LogP contribution in [0.3, 0.4) is 0 Å². The van der Waals surface area contributed by atoms with E-state index >= 15 is 0 Å². The molecular formula is C15H18N4O2. The van der Waals surface area contributed by atoms with Crippen molar-refractivity contribution >= 4 is 11.8 Å². The Morgan fingerprint density at radius 3 is 2.81 bits per heavy atom. The van der Waals surface area contributed by atoms with Gasteiger partial charge in [0.2, 0.25) is 0 Å². The van der Waals surface area contributed by atoms with Gasteiger partial charge in [0.05, 0.1) is 0 Å². The van der Waals surface area contributed by atoms with Gasteiger partial charge < -0.3 is 10.4 Å². The van der Waals surface area contributed by atoms with E-state index in [1.54, 1.807) is 12.4 Å². The van der Waals surface area contributed by atoms with E-state index in [0.717, 1.165) is 22.6 Å². The van der Waals surface area contributed by atoms with Gasteiger partial charge in [0.15, 0.2) is 5.82 Å². The zero-order chi connectivity index (χ0) is 15.2. The molecule has 0 bridgehead atoms. The van der Waals surface area contributed by atoms with Gasteiger partial charge in [0.1, 0.15) is 5.82 Å². The van der Waals surface area contributed by atoms with Crippen LogP contribution in [0.1, 0.15) is 24.1 Å². The number of hydrogen-bond donors (Lipinski definition) is 2. The first-order valence-corrected chi connectivity index (χ1v) is 6.79. The van der Waals surface area contributed by atoms with E-state index < -0.39 is 5.97 Å². The van der Waals surface area contributed by atoms with Gasteiger partial charge in [-0.3, -0.25) is 9.78 Å². The smallest absolute Gasteiger partial charge is 0.303 e. The van der Waals surface area contributed by atoms with Gasteiger partial charge in [-0.2, -0.15) is 0 Å². The Morgan fingerprint density at radius 2 is 2.14 bits per heavy atom. The Kier molecular flexibility index (Phi) is 4.81. The minimum Gasteiger partial charge on any atom is -0.481 e. The number of carboxylic acid groups (broad SMARTS) is 1. The third kappa shape index (κ3) is 3.98. The highest BCUT2D eigenvalue weighted by Crippen LogP contribution is 2.20. The lowest BCUT2D eigenvalue weighted by Gasteiger charge is -2.12. The van der Waals surface area contributed by atoms with Crippen molar-refractivity contribution in [3.8, 4) is 11.4 Å². The number of carboxylic acids is 1. The average molecular weight is 286 g/mol. The van der Waals surface area contributed by atoms with Crippen molar-refractivity contribution in [2.45, 2.75) is 26.7 Å². The second-order valence-corrected chi connectivity index (χ2v) is 4.77. The lowest BCUT2D eigenvalue weighted by atomic mass is 10.2. The van der Waals surface area contributed by atoms with Crippen LogP contribution in [-0.4, -0.2) is 32.6 Å². The molecule has 2 aromatic rings. The molecule has 2 heterocycles. The third-order valence-electron chi connectivity index (χ3n) is 3.17. The number of anilines is 1. The number of pyridine rings is 1. The SMILES string of the molecule is Cc1nc(-c2cccnc2)nc(NCCCC(=O)O)c1C. The van der Waals surface area contributed by atoms with Crippen molar-refractivity contribution in [3.05, 3.63) is 35.8 Å². The Bertz CT molecular complexity index is 629. The first-order valence-electron chi connectivity index (χ1n) is 6.79. The molecule has 0 spiro atoms. The van der Waals surface area contributed by atoms with Gasteiger partial charge in [-0.1, -0.05) is 0 Å². The average Bonchev–Trinajstić information content (AvgIpc) is 2.48. The molecule has 0 aromatic carbocycles. The van der Waals surface area contributed by atoms with Crippen LogP contribution in [0.15, 0.2) is 24.5 Å². The lowest BCUT2D eigenvalue weighted by Crippen LogP contribution is -2.09. The Morgan fingerprint density at radius 1 is 1.33 bits per heavy atom. The predicted molar refractivity (Wildman–Crippen MR) is 80.1 cm³/mol. The van der Waals surface area contributed by atoms with E-state index in [9.17, 15) is 4.79 Å². The first-order chi connectivity index (χ1) is 10.1. The molecule has 2 rings (SSSR count). The van der Waals surface area contributed by atoms with Crippen molar-refractivity contribution in [2.75, 3.05) is 11.9 Å². The third-order valence-corrected chi connectivity index (χ3v) is 3.17. The van der Waals surface area contributed by atoms with Crippen LogP contribution in [0.5, 0.6) is 0 Å². The van der Waals surface area contributed by atoms with Crippen LogP contribution in [0, 0.1) is 13.8 Å². The van der Waals surface area contributed by atoms with Gasteiger partial charge >= 0.3 is 5.97 Å². The minimum atomic E-state index is -0.788. The monoisotopic (exact) mass is 286 g/mol. The van der Waals surface area contributed by atoms with Gasteiger partial charge in [-0.25, -0.2) is 9.97 Å². The van der Waals surface area contributed by atoms with Crippen molar-refractivity contribution in [1.29, 1.82) is 0 Å². The molecule has 0 saturated heterocycles. The maximum absolute atomic E-state index is 10.5. The highest BCUT2D eigenvalue weighted by molar-refractivity contribution is 5.66. The molecular weight excluding hydrogens is 268 g/mol. The fourth-order valence-corrected chi connectivity index (χ4v) is 1.87. The highest BCUT2D eigenvalue weighted by Gasteiger charge is 2.09. The number of hydrogen-bond acceptors (Lipinski definition) is 5. The summed E-state index contributed by atoms with van der Waals surface area (Å²) in [6, 6.07) is 3.75. The summed E-state index contributed by atoms with van der Waals surface area (Å²) < 4.78 is 0. The molecule has 0 saturated carbocycles. The Balaban J connectivity index is 2.17. The molecule has 6 nitrogen and oxygen atoms in total. The van der Waals surface area contributed by atoms with Crippen LogP contribution in [0.25, 0.3) is 11.4 Å². The lowest BCUT2D eigenvalue weighted by molar-refractivity contribution is -0.137. The van der Waals surface area contributed by atoms with Crippen LogP contribution < -0.4 is 5.32 Å². The molecule has 0 unspecified atom stereocenters. The zero-order valence-corrected chi connectivity index (χ0v) is 12.1. The maximum atomic E-state index is 10.5. The molecule has 6 heteroatoms. The minimum absolute atomic E-state index is 0.144. The number of rotatable bonds is 6. The summed E-state index contributed by atoms with van der Waals surface area (Å²) in [6.45, 7) is 4.44. The van der Waals surface area contributed by atoms with Crippen molar-refractivity contribution in [3.63, 3.8) is 0 Å². The second-order valence-electron chi connectivity index (χ2n) is 4.77. The quantitative estimate of drug-likeness (QED) is 0.793. The topological polar surface area (TPSA) is 88.0 Å². The Labute approximate surface area is 123 Å². The number of carbonyl (C=O) groups is 1. The summed E-state index contributed by atoms with van der Waals surface area (Å²) in [4.78, 5) is 23.6. The molecule has 110 valence electrons. The van der Waals surface area contributed by atoms with E-state index in [1.807, 2.05) is 26.0 Å². The second kappa shape index (κ2) is 6.78. The van der Waals surface area contributed by atoms with E-state index in [2.05, 4.69) is 20.3 Å². The molecule has 0 amide bonds.